The number of para-hydroxylation sites is 1. The van der Waals surface area contributed by atoms with Gasteiger partial charge >= 0.3 is 0 Å². The molecule has 1 aliphatic heterocycles. The molecule has 1 fully saturated rings. The second-order valence-electron chi connectivity index (χ2n) is 7.85. The Balaban J connectivity index is 1.58. The number of hydrogen-bond donors (Lipinski definition) is 2. The number of hydrogen-bond acceptors (Lipinski definition) is 4. The van der Waals surface area contributed by atoms with Gasteiger partial charge in [-0.05, 0) is 42.7 Å². The van der Waals surface area contributed by atoms with Crippen molar-refractivity contribution in [3.8, 4) is 5.75 Å². The number of nitrogens with one attached hydrogen (secondary N) is 2. The molecule has 170 valence electrons. The summed E-state index contributed by atoms with van der Waals surface area (Å²) in [5.74, 6) is 0.0840. The maximum Gasteiger partial charge on any atom is 0.253 e. The van der Waals surface area contributed by atoms with Gasteiger partial charge in [-0.2, -0.15) is 0 Å². The Labute approximate surface area is 193 Å². The summed E-state index contributed by atoms with van der Waals surface area (Å²) in [6.07, 6.45) is 1.60. The van der Waals surface area contributed by atoms with Crippen molar-refractivity contribution in [1.82, 2.24) is 15.5 Å². The Morgan fingerprint density at radius 3 is 2.50 bits per heavy atom. The topological polar surface area (TPSA) is 87.7 Å². The lowest BCUT2D eigenvalue weighted by atomic mass is 10.0. The first kappa shape index (κ1) is 23.6. The molecule has 3 rings (SSSR count). The second kappa shape index (κ2) is 11.0. The van der Waals surface area contributed by atoms with Crippen LogP contribution in [0.1, 0.15) is 35.7 Å². The van der Waals surface area contributed by atoms with E-state index in [1.165, 1.54) is 6.92 Å². The predicted molar refractivity (Wildman–Crippen MR) is 123 cm³/mol. The van der Waals surface area contributed by atoms with Gasteiger partial charge in [-0.1, -0.05) is 35.9 Å². The number of ether oxygens (including phenoxy) is 1. The monoisotopic (exact) mass is 457 g/mol. The highest BCUT2D eigenvalue weighted by Crippen LogP contribution is 2.20. The third-order valence-corrected chi connectivity index (χ3v) is 5.75. The van der Waals surface area contributed by atoms with E-state index in [9.17, 15) is 14.4 Å². The summed E-state index contributed by atoms with van der Waals surface area (Å²) in [5, 5.41) is 6.30. The summed E-state index contributed by atoms with van der Waals surface area (Å²) in [6, 6.07) is 13.5. The first-order chi connectivity index (χ1) is 15.4. The molecule has 3 amide bonds. The van der Waals surface area contributed by atoms with E-state index < -0.39 is 6.04 Å². The molecule has 8 heteroatoms. The van der Waals surface area contributed by atoms with E-state index in [1.807, 2.05) is 24.3 Å². The molecule has 0 bridgehead atoms. The summed E-state index contributed by atoms with van der Waals surface area (Å²) in [6.45, 7) is 2.46. The minimum absolute atomic E-state index is 0.0652. The third-order valence-electron chi connectivity index (χ3n) is 5.51. The number of amides is 3. The molecule has 0 aromatic heterocycles. The van der Waals surface area contributed by atoms with Gasteiger partial charge in [0.05, 0.1) is 7.11 Å². The highest BCUT2D eigenvalue weighted by Gasteiger charge is 2.28. The molecular weight excluding hydrogens is 430 g/mol. The first-order valence-electron chi connectivity index (χ1n) is 10.6. The molecular formula is C24H28ClN3O4. The van der Waals surface area contributed by atoms with Crippen LogP contribution in [0.15, 0.2) is 48.5 Å². The lowest BCUT2D eigenvalue weighted by Gasteiger charge is -2.33. The molecule has 1 aliphatic rings. The van der Waals surface area contributed by atoms with Crippen molar-refractivity contribution in [1.29, 1.82) is 0 Å². The highest BCUT2D eigenvalue weighted by molar-refractivity contribution is 6.30. The largest absolute Gasteiger partial charge is 0.496 e. The second-order valence-corrected chi connectivity index (χ2v) is 8.29. The fourth-order valence-corrected chi connectivity index (χ4v) is 4.07. The van der Waals surface area contributed by atoms with Crippen LogP contribution < -0.4 is 15.4 Å². The van der Waals surface area contributed by atoms with Crippen molar-refractivity contribution in [2.24, 2.45) is 0 Å². The van der Waals surface area contributed by atoms with Crippen molar-refractivity contribution < 1.29 is 19.1 Å². The Morgan fingerprint density at radius 2 is 1.84 bits per heavy atom. The first-order valence-corrected chi connectivity index (χ1v) is 11.0. The average Bonchev–Trinajstić information content (AvgIpc) is 2.78. The number of halogens is 1. The SMILES string of the molecule is COc1ccccc1C[C@@H](NC(C)=O)C(=O)NC1CCN(C(=O)c2cccc(Cl)c2)CC1. The van der Waals surface area contributed by atoms with Gasteiger partial charge in [0.2, 0.25) is 11.8 Å². The van der Waals surface area contributed by atoms with Crippen molar-refractivity contribution in [3.63, 3.8) is 0 Å². The van der Waals surface area contributed by atoms with E-state index in [4.69, 9.17) is 16.3 Å². The molecule has 7 nitrogen and oxygen atoms in total. The molecule has 2 aromatic carbocycles. The molecule has 1 saturated heterocycles. The predicted octanol–water partition coefficient (Wildman–Crippen LogP) is 2.82. The molecule has 0 unspecified atom stereocenters. The lowest BCUT2D eigenvalue weighted by molar-refractivity contribution is -0.128. The average molecular weight is 458 g/mol. The van der Waals surface area contributed by atoms with Crippen LogP contribution in [-0.2, 0) is 16.0 Å². The van der Waals surface area contributed by atoms with Crippen LogP contribution in [0.5, 0.6) is 5.75 Å². The number of carbonyl (C=O) groups excluding carboxylic acids is 3. The molecule has 2 aromatic rings. The number of carbonyl (C=O) groups is 3. The number of nitrogens with zero attached hydrogens (tertiary/aromatic N) is 1. The summed E-state index contributed by atoms with van der Waals surface area (Å²) < 4.78 is 5.37. The van der Waals surface area contributed by atoms with Crippen LogP contribution >= 0.6 is 11.6 Å². The van der Waals surface area contributed by atoms with E-state index in [-0.39, 0.29) is 23.8 Å². The summed E-state index contributed by atoms with van der Waals surface area (Å²) >= 11 is 5.99. The highest BCUT2D eigenvalue weighted by atomic mass is 35.5. The van der Waals surface area contributed by atoms with Crippen LogP contribution in [0.2, 0.25) is 5.02 Å². The maximum absolute atomic E-state index is 13.0. The minimum atomic E-state index is -0.713. The molecule has 2 N–H and O–H groups in total. The van der Waals surface area contributed by atoms with E-state index in [1.54, 1.807) is 36.3 Å². The number of rotatable bonds is 7. The van der Waals surface area contributed by atoms with E-state index in [0.29, 0.717) is 48.7 Å². The standard InChI is InChI=1S/C24H28ClN3O4/c1-16(29)26-21(15-17-6-3-4-9-22(17)32-2)23(30)27-20-10-12-28(13-11-20)24(31)18-7-5-8-19(25)14-18/h3-9,14,20-21H,10-13,15H2,1-2H3,(H,26,29)(H,27,30)/t21-/m1/s1. The van der Waals surface area contributed by atoms with Gasteiger partial charge in [0.1, 0.15) is 11.8 Å². The van der Waals surface area contributed by atoms with Crippen LogP contribution in [0.25, 0.3) is 0 Å². The number of benzene rings is 2. The Bertz CT molecular complexity index is 973. The lowest BCUT2D eigenvalue weighted by Crippen LogP contribution is -2.53. The Morgan fingerprint density at radius 1 is 1.12 bits per heavy atom. The Hall–Kier alpha value is -3.06. The smallest absolute Gasteiger partial charge is 0.253 e. The fraction of sp³-hybridized carbons (Fsp3) is 0.375. The van der Waals surface area contributed by atoms with Crippen molar-refractivity contribution in [2.45, 2.75) is 38.3 Å². The molecule has 0 saturated carbocycles. The third kappa shape index (κ3) is 6.23. The molecule has 0 spiro atoms. The van der Waals surface area contributed by atoms with Gasteiger partial charge in [0.25, 0.3) is 5.91 Å². The molecule has 1 heterocycles. The van der Waals surface area contributed by atoms with Crippen molar-refractivity contribution in [3.05, 3.63) is 64.7 Å². The van der Waals surface area contributed by atoms with Crippen molar-refractivity contribution in [2.75, 3.05) is 20.2 Å². The molecule has 0 aliphatic carbocycles. The zero-order chi connectivity index (χ0) is 23.1. The summed E-state index contributed by atoms with van der Waals surface area (Å²) in [5.41, 5.74) is 1.40. The van der Waals surface area contributed by atoms with E-state index in [2.05, 4.69) is 10.6 Å². The zero-order valence-electron chi connectivity index (χ0n) is 18.3. The minimum Gasteiger partial charge on any atom is -0.496 e. The van der Waals surface area contributed by atoms with Gasteiger partial charge in [-0.3, -0.25) is 14.4 Å². The van der Waals surface area contributed by atoms with Crippen molar-refractivity contribution >= 4 is 29.3 Å². The summed E-state index contributed by atoms with van der Waals surface area (Å²) in [4.78, 5) is 39.1. The van der Waals surface area contributed by atoms with Crippen LogP contribution in [0, 0.1) is 0 Å². The van der Waals surface area contributed by atoms with Gasteiger partial charge < -0.3 is 20.3 Å². The molecule has 0 radical (unpaired) electrons. The summed E-state index contributed by atoms with van der Waals surface area (Å²) in [7, 11) is 1.57. The van der Waals surface area contributed by atoms with E-state index >= 15 is 0 Å². The zero-order valence-corrected chi connectivity index (χ0v) is 19.0. The van der Waals surface area contributed by atoms with E-state index in [0.717, 1.165) is 5.56 Å². The fourth-order valence-electron chi connectivity index (χ4n) is 3.88. The van der Waals surface area contributed by atoms with Gasteiger partial charge in [-0.25, -0.2) is 0 Å². The molecule has 1 atom stereocenters. The number of piperidine rings is 1. The Kier molecular flexibility index (Phi) is 8.11. The maximum atomic E-state index is 13.0. The normalized spacial score (nSPS) is 15.0. The van der Waals surface area contributed by atoms with Crippen LogP contribution in [-0.4, -0.2) is 54.9 Å². The number of likely N-dealkylation sites (tertiary alicyclic amines) is 1. The van der Waals surface area contributed by atoms with Gasteiger partial charge in [0, 0.05) is 43.1 Å². The van der Waals surface area contributed by atoms with Crippen LogP contribution in [0.4, 0.5) is 0 Å². The van der Waals surface area contributed by atoms with Gasteiger partial charge in [-0.15, -0.1) is 0 Å². The van der Waals surface area contributed by atoms with Crippen LogP contribution in [0.3, 0.4) is 0 Å². The molecule has 32 heavy (non-hydrogen) atoms. The number of methoxy groups -OCH3 is 1. The van der Waals surface area contributed by atoms with Gasteiger partial charge in [0.15, 0.2) is 0 Å². The quantitative estimate of drug-likeness (QED) is 0.669.